The van der Waals surface area contributed by atoms with E-state index in [1.807, 2.05) is 0 Å². The van der Waals surface area contributed by atoms with Crippen molar-refractivity contribution in [3.05, 3.63) is 130 Å². The lowest BCUT2D eigenvalue weighted by atomic mass is 9.96. The Morgan fingerprint density at radius 1 is 0.540 bits per heavy atom. The van der Waals surface area contributed by atoms with Crippen LogP contribution < -0.4 is 9.47 Å². The largest absolute Gasteiger partial charge is 0.484 e. The van der Waals surface area contributed by atoms with Crippen LogP contribution in [0.5, 0.6) is 11.5 Å². The summed E-state index contributed by atoms with van der Waals surface area (Å²) in [5, 5.41) is 0. The molecule has 4 unspecified atom stereocenters. The van der Waals surface area contributed by atoms with Crippen LogP contribution in [0.15, 0.2) is 97.1 Å². The van der Waals surface area contributed by atoms with Crippen LogP contribution in [0.3, 0.4) is 0 Å². The molecule has 0 aliphatic carbocycles. The third kappa shape index (κ3) is 7.41. The van der Waals surface area contributed by atoms with E-state index in [1.54, 1.807) is 72.4 Å². The van der Waals surface area contributed by atoms with Gasteiger partial charge in [0.2, 0.25) is 0 Å². The second-order valence-corrected chi connectivity index (χ2v) is 11.9. The highest BCUT2D eigenvalue weighted by Gasteiger charge is 2.40. The van der Waals surface area contributed by atoms with Gasteiger partial charge in [0, 0.05) is 35.3 Å². The van der Waals surface area contributed by atoms with Crippen molar-refractivity contribution in [1.82, 2.24) is 9.80 Å². The van der Waals surface area contributed by atoms with Crippen molar-refractivity contribution < 1.29 is 54.9 Å². The van der Waals surface area contributed by atoms with E-state index >= 15 is 0 Å². The number of likely N-dealkylation sites (N-methyl/N-ethyl adjacent to an activating group) is 2. The van der Waals surface area contributed by atoms with Gasteiger partial charge in [-0.25, -0.2) is 9.59 Å². The summed E-state index contributed by atoms with van der Waals surface area (Å²) in [6.45, 7) is 0.341. The zero-order valence-electron chi connectivity index (χ0n) is 26.6. The zero-order valence-corrected chi connectivity index (χ0v) is 26.6. The van der Waals surface area contributed by atoms with Crippen molar-refractivity contribution in [3.63, 3.8) is 0 Å². The molecule has 6 rings (SSSR count). The normalized spacial score (nSPS) is 21.0. The molecule has 8 nitrogen and oxygen atoms in total. The van der Waals surface area contributed by atoms with Gasteiger partial charge in [-0.2, -0.15) is 26.3 Å². The Hall–Kier alpha value is -5.08. The number of hydrogen-bond donors (Lipinski definition) is 0. The summed E-state index contributed by atoms with van der Waals surface area (Å²) in [6, 6.07) is 22.4. The van der Waals surface area contributed by atoms with Crippen LogP contribution >= 0.6 is 0 Å². The van der Waals surface area contributed by atoms with Gasteiger partial charge in [-0.3, -0.25) is 9.80 Å². The van der Waals surface area contributed by atoms with Gasteiger partial charge in [0.25, 0.3) is 0 Å². The molecule has 0 N–H and O–H groups in total. The molecular formula is C36H30F6N2O6. The first-order valence-corrected chi connectivity index (χ1v) is 15.4. The van der Waals surface area contributed by atoms with E-state index in [4.69, 9.17) is 18.9 Å². The highest BCUT2D eigenvalue weighted by molar-refractivity contribution is 6.29. The summed E-state index contributed by atoms with van der Waals surface area (Å²) < 4.78 is 101. The standard InChI is InChI=1S/C36H30F6N2O6/c1-43-19-29(47-23-15-11-21(12-16-23)35(37,38)39)25-7-3-5-9-27(25)31(43)49-33(45)34(46)50-32-28-10-6-4-8-26(28)30(20-44(32)2)48-24-17-13-22(14-18-24)36(40,41)42/h3-18,29-32H,19-20H2,1-2H3. The SMILES string of the molecule is CN1CC(Oc2ccc(C(F)(F)F)cc2)c2ccccc2C1OC(=O)C(=O)OC1c2ccccc2C(Oc2ccc(C(F)(F)F)cc2)CN1C. The first kappa shape index (κ1) is 34.8. The number of rotatable bonds is 6. The number of halogens is 6. The number of fused-ring (bicyclic) bond motifs is 2. The highest BCUT2D eigenvalue weighted by Crippen LogP contribution is 2.40. The van der Waals surface area contributed by atoms with Gasteiger partial charge >= 0.3 is 24.3 Å². The Morgan fingerprint density at radius 2 is 0.860 bits per heavy atom. The average Bonchev–Trinajstić information content (AvgIpc) is 3.07. The molecule has 2 heterocycles. The predicted octanol–water partition coefficient (Wildman–Crippen LogP) is 7.64. The fraction of sp³-hybridized carbons (Fsp3) is 0.278. The molecule has 50 heavy (non-hydrogen) atoms. The summed E-state index contributed by atoms with van der Waals surface area (Å²) >= 11 is 0. The smallest absolute Gasteiger partial charge is 0.419 e. The first-order chi connectivity index (χ1) is 23.7. The topological polar surface area (TPSA) is 77.5 Å². The van der Waals surface area contributed by atoms with Crippen molar-refractivity contribution in [3.8, 4) is 11.5 Å². The number of ether oxygens (including phenoxy) is 4. The molecule has 2 aliphatic heterocycles. The van der Waals surface area contributed by atoms with Gasteiger partial charge in [0.05, 0.1) is 11.1 Å². The monoisotopic (exact) mass is 700 g/mol. The van der Waals surface area contributed by atoms with Crippen molar-refractivity contribution in [1.29, 1.82) is 0 Å². The third-order valence-corrected chi connectivity index (χ3v) is 8.45. The maximum absolute atomic E-state index is 13.2. The molecule has 262 valence electrons. The van der Waals surface area contributed by atoms with Crippen LogP contribution in [0.25, 0.3) is 0 Å². The summed E-state index contributed by atoms with van der Waals surface area (Å²) in [6.07, 6.45) is -12.2. The second kappa shape index (κ2) is 13.7. The van der Waals surface area contributed by atoms with Gasteiger partial charge in [0.1, 0.15) is 23.7 Å². The fourth-order valence-electron chi connectivity index (χ4n) is 6.03. The molecule has 0 amide bonds. The molecule has 0 spiro atoms. The Morgan fingerprint density at radius 3 is 1.18 bits per heavy atom. The molecule has 14 heteroatoms. The Balaban J connectivity index is 1.14. The van der Waals surface area contributed by atoms with Crippen LogP contribution in [0.2, 0.25) is 0 Å². The first-order valence-electron chi connectivity index (χ1n) is 15.4. The van der Waals surface area contributed by atoms with E-state index in [0.717, 1.165) is 24.3 Å². The molecule has 0 radical (unpaired) electrons. The average molecular weight is 701 g/mol. The van der Waals surface area contributed by atoms with Crippen LogP contribution in [0.4, 0.5) is 26.3 Å². The minimum absolute atomic E-state index is 0.171. The highest BCUT2D eigenvalue weighted by atomic mass is 19.4. The van der Waals surface area contributed by atoms with E-state index in [-0.39, 0.29) is 24.6 Å². The van der Waals surface area contributed by atoms with Crippen LogP contribution in [-0.2, 0) is 31.4 Å². The Bertz CT molecular complexity index is 1710. The summed E-state index contributed by atoms with van der Waals surface area (Å²) in [5.74, 6) is -2.08. The fourth-order valence-corrected chi connectivity index (χ4v) is 6.03. The molecule has 4 aromatic rings. The van der Waals surface area contributed by atoms with Gasteiger partial charge in [-0.1, -0.05) is 48.5 Å². The Labute approximate surface area is 282 Å². The maximum Gasteiger partial charge on any atom is 0.419 e. The van der Waals surface area contributed by atoms with Crippen molar-refractivity contribution >= 4 is 11.9 Å². The number of carbonyl (C=O) groups is 2. The lowest BCUT2D eigenvalue weighted by Gasteiger charge is -2.39. The number of hydrogen-bond acceptors (Lipinski definition) is 8. The lowest BCUT2D eigenvalue weighted by molar-refractivity contribution is -0.187. The van der Waals surface area contributed by atoms with Crippen molar-refractivity contribution in [2.24, 2.45) is 0 Å². The van der Waals surface area contributed by atoms with Gasteiger partial charge in [-0.15, -0.1) is 0 Å². The van der Waals surface area contributed by atoms with Crippen LogP contribution in [0.1, 0.15) is 58.0 Å². The molecule has 0 saturated heterocycles. The van der Waals surface area contributed by atoms with Gasteiger partial charge < -0.3 is 18.9 Å². The van der Waals surface area contributed by atoms with E-state index in [2.05, 4.69) is 0 Å². The van der Waals surface area contributed by atoms with Gasteiger partial charge in [-0.05, 0) is 62.6 Å². The quantitative estimate of drug-likeness (QED) is 0.116. The summed E-state index contributed by atoms with van der Waals surface area (Å²) in [5.41, 5.74) is 0.664. The van der Waals surface area contributed by atoms with E-state index in [9.17, 15) is 35.9 Å². The molecule has 4 atom stereocenters. The van der Waals surface area contributed by atoms with Crippen molar-refractivity contribution in [2.75, 3.05) is 27.2 Å². The number of alkyl halides is 6. The number of nitrogens with zero attached hydrogens (tertiary/aromatic N) is 2. The summed E-state index contributed by atoms with van der Waals surface area (Å²) in [7, 11) is 3.29. The zero-order chi connectivity index (χ0) is 35.8. The van der Waals surface area contributed by atoms with E-state index < -0.39 is 60.1 Å². The second-order valence-electron chi connectivity index (χ2n) is 11.9. The molecule has 4 aromatic carbocycles. The number of carbonyl (C=O) groups excluding carboxylic acids is 2. The third-order valence-electron chi connectivity index (χ3n) is 8.45. The van der Waals surface area contributed by atoms with E-state index in [0.29, 0.717) is 22.3 Å². The number of benzene rings is 4. The minimum Gasteiger partial charge on any atom is -0.484 e. The molecule has 0 fully saturated rings. The molecular weight excluding hydrogens is 670 g/mol. The minimum atomic E-state index is -4.49. The van der Waals surface area contributed by atoms with E-state index in [1.165, 1.54) is 24.3 Å². The predicted molar refractivity (Wildman–Crippen MR) is 165 cm³/mol. The van der Waals surface area contributed by atoms with Crippen LogP contribution in [0, 0.1) is 0 Å². The summed E-state index contributed by atoms with van der Waals surface area (Å²) in [4.78, 5) is 29.6. The molecule has 0 aromatic heterocycles. The molecule has 0 saturated carbocycles. The van der Waals surface area contributed by atoms with Gasteiger partial charge in [0.15, 0.2) is 12.5 Å². The lowest BCUT2D eigenvalue weighted by Crippen LogP contribution is -2.42. The molecule has 0 bridgehead atoms. The van der Waals surface area contributed by atoms with Crippen molar-refractivity contribution in [2.45, 2.75) is 37.0 Å². The molecule has 2 aliphatic rings. The van der Waals surface area contributed by atoms with Crippen LogP contribution in [-0.4, -0.2) is 48.9 Å². The Kier molecular flexibility index (Phi) is 9.51. The maximum atomic E-state index is 13.2. The number of esters is 2.